The second kappa shape index (κ2) is 5.83. The Morgan fingerprint density at radius 1 is 1.24 bits per heavy atom. The van der Waals surface area contributed by atoms with E-state index in [-0.39, 0.29) is 0 Å². The van der Waals surface area contributed by atoms with E-state index in [0.717, 1.165) is 35.4 Å². The van der Waals surface area contributed by atoms with Crippen LogP contribution in [0.3, 0.4) is 0 Å². The van der Waals surface area contributed by atoms with Gasteiger partial charge in [0, 0.05) is 29.7 Å². The quantitative estimate of drug-likeness (QED) is 0.782. The second-order valence-electron chi connectivity index (χ2n) is 4.92. The summed E-state index contributed by atoms with van der Waals surface area (Å²) in [6.07, 6.45) is 5.69. The number of hydrogen-bond donors (Lipinski definition) is 1. The number of fused-ring (bicyclic) bond motifs is 1. The number of aromatic nitrogens is 3. The highest BCUT2D eigenvalue weighted by Crippen LogP contribution is 2.28. The molecule has 5 heteroatoms. The molecule has 0 fully saturated rings. The molecule has 1 N–H and O–H groups in total. The van der Waals surface area contributed by atoms with Crippen LogP contribution in [0.4, 0.5) is 5.82 Å². The predicted octanol–water partition coefficient (Wildman–Crippen LogP) is 2.86. The van der Waals surface area contributed by atoms with Crippen LogP contribution in [0.15, 0.2) is 42.9 Å². The van der Waals surface area contributed by atoms with Crippen LogP contribution in [0, 0.1) is 6.92 Å². The van der Waals surface area contributed by atoms with Crippen molar-refractivity contribution >= 4 is 16.6 Å². The number of nitrogens with one attached hydrogen (secondary N) is 1. The van der Waals surface area contributed by atoms with Gasteiger partial charge < -0.3 is 10.1 Å². The van der Waals surface area contributed by atoms with Crippen molar-refractivity contribution in [2.75, 3.05) is 19.0 Å². The van der Waals surface area contributed by atoms with E-state index in [2.05, 4.69) is 15.4 Å². The Bertz CT molecular complexity index is 751. The van der Waals surface area contributed by atoms with E-state index in [4.69, 9.17) is 4.74 Å². The fraction of sp³-hybridized carbons (Fsp3) is 0.250. The lowest BCUT2D eigenvalue weighted by molar-refractivity contribution is 0.420. The van der Waals surface area contributed by atoms with Crippen molar-refractivity contribution in [2.24, 2.45) is 0 Å². The summed E-state index contributed by atoms with van der Waals surface area (Å²) < 4.78 is 7.31. The fourth-order valence-electron chi connectivity index (χ4n) is 2.38. The lowest BCUT2D eigenvalue weighted by atomic mass is 10.1. The van der Waals surface area contributed by atoms with Gasteiger partial charge in [-0.25, -0.2) is 4.98 Å². The molecule has 0 saturated heterocycles. The highest BCUT2D eigenvalue weighted by molar-refractivity contribution is 5.95. The van der Waals surface area contributed by atoms with Crippen molar-refractivity contribution < 1.29 is 4.74 Å². The summed E-state index contributed by atoms with van der Waals surface area (Å²) in [4.78, 5) is 4.42. The molecule has 3 rings (SSSR count). The molecule has 21 heavy (non-hydrogen) atoms. The van der Waals surface area contributed by atoms with Gasteiger partial charge in [0.25, 0.3) is 0 Å². The maximum Gasteiger partial charge on any atom is 0.134 e. The van der Waals surface area contributed by atoms with Gasteiger partial charge in [-0.15, -0.1) is 0 Å². The van der Waals surface area contributed by atoms with E-state index in [9.17, 15) is 0 Å². The van der Waals surface area contributed by atoms with E-state index >= 15 is 0 Å². The molecule has 3 aromatic rings. The van der Waals surface area contributed by atoms with Gasteiger partial charge in [-0.05, 0) is 24.6 Å². The second-order valence-corrected chi connectivity index (χ2v) is 4.92. The van der Waals surface area contributed by atoms with Gasteiger partial charge in [-0.1, -0.05) is 12.1 Å². The number of anilines is 1. The first-order valence-corrected chi connectivity index (χ1v) is 6.92. The molecule has 0 spiro atoms. The predicted molar refractivity (Wildman–Crippen MR) is 83.7 cm³/mol. The third kappa shape index (κ3) is 2.81. The molecule has 0 unspecified atom stereocenters. The Morgan fingerprint density at radius 2 is 2.14 bits per heavy atom. The number of pyridine rings is 1. The van der Waals surface area contributed by atoms with Gasteiger partial charge in [-0.2, -0.15) is 5.10 Å². The van der Waals surface area contributed by atoms with Crippen molar-refractivity contribution in [3.05, 3.63) is 48.4 Å². The minimum absolute atomic E-state index is 0.768. The van der Waals surface area contributed by atoms with Crippen molar-refractivity contribution in [1.29, 1.82) is 0 Å². The van der Waals surface area contributed by atoms with E-state index in [1.54, 1.807) is 13.3 Å². The highest BCUT2D eigenvalue weighted by Gasteiger charge is 2.05. The van der Waals surface area contributed by atoms with E-state index in [0.29, 0.717) is 0 Å². The van der Waals surface area contributed by atoms with E-state index in [1.807, 2.05) is 48.3 Å². The first-order valence-electron chi connectivity index (χ1n) is 6.92. The number of nitrogens with zero attached hydrogens (tertiary/aromatic N) is 3. The standard InChI is InChI=1S/C16H18N4O/c1-12-10-19-20(11-12)9-8-18-16-14-4-3-5-15(21-2)13(14)6-7-17-16/h3-7,10-11H,8-9H2,1-2H3,(H,17,18). The van der Waals surface area contributed by atoms with Crippen LogP contribution in [0.2, 0.25) is 0 Å². The molecule has 0 bridgehead atoms. The zero-order valence-corrected chi connectivity index (χ0v) is 12.2. The fourth-order valence-corrected chi connectivity index (χ4v) is 2.38. The van der Waals surface area contributed by atoms with Gasteiger partial charge in [0.1, 0.15) is 11.6 Å². The normalized spacial score (nSPS) is 10.8. The van der Waals surface area contributed by atoms with Crippen LogP contribution >= 0.6 is 0 Å². The van der Waals surface area contributed by atoms with Crippen LogP contribution in [-0.2, 0) is 6.54 Å². The number of rotatable bonds is 5. The van der Waals surface area contributed by atoms with E-state index in [1.165, 1.54) is 5.56 Å². The Morgan fingerprint density at radius 3 is 2.90 bits per heavy atom. The number of methoxy groups -OCH3 is 1. The lowest BCUT2D eigenvalue weighted by Crippen LogP contribution is -2.11. The van der Waals surface area contributed by atoms with Crippen molar-refractivity contribution in [3.63, 3.8) is 0 Å². The topological polar surface area (TPSA) is 52.0 Å². The van der Waals surface area contributed by atoms with E-state index < -0.39 is 0 Å². The van der Waals surface area contributed by atoms with Crippen LogP contribution < -0.4 is 10.1 Å². The third-order valence-corrected chi connectivity index (χ3v) is 3.38. The molecule has 0 aliphatic rings. The van der Waals surface area contributed by atoms with Crippen molar-refractivity contribution in [1.82, 2.24) is 14.8 Å². The summed E-state index contributed by atoms with van der Waals surface area (Å²) in [6.45, 7) is 3.61. The van der Waals surface area contributed by atoms with Crippen LogP contribution in [0.25, 0.3) is 10.8 Å². The molecule has 0 aliphatic carbocycles. The number of aryl methyl sites for hydroxylation is 1. The summed E-state index contributed by atoms with van der Waals surface area (Å²) >= 11 is 0. The van der Waals surface area contributed by atoms with Gasteiger partial charge in [0.2, 0.25) is 0 Å². The average molecular weight is 282 g/mol. The highest BCUT2D eigenvalue weighted by atomic mass is 16.5. The summed E-state index contributed by atoms with van der Waals surface area (Å²) in [5, 5.41) is 9.77. The Labute approximate surface area is 123 Å². The summed E-state index contributed by atoms with van der Waals surface area (Å²) in [6, 6.07) is 7.95. The monoisotopic (exact) mass is 282 g/mol. The zero-order valence-electron chi connectivity index (χ0n) is 12.2. The molecule has 2 heterocycles. The molecular formula is C16H18N4O. The van der Waals surface area contributed by atoms with Crippen LogP contribution in [0.1, 0.15) is 5.56 Å². The van der Waals surface area contributed by atoms with Gasteiger partial charge in [0.15, 0.2) is 0 Å². The minimum Gasteiger partial charge on any atom is -0.496 e. The number of ether oxygens (including phenoxy) is 1. The molecule has 0 atom stereocenters. The average Bonchev–Trinajstić information content (AvgIpc) is 2.92. The smallest absolute Gasteiger partial charge is 0.134 e. The summed E-state index contributed by atoms with van der Waals surface area (Å²) in [5.41, 5.74) is 1.17. The molecule has 2 aromatic heterocycles. The molecular weight excluding hydrogens is 264 g/mol. The maximum atomic E-state index is 5.39. The van der Waals surface area contributed by atoms with Gasteiger partial charge in [0.05, 0.1) is 19.9 Å². The van der Waals surface area contributed by atoms with Crippen molar-refractivity contribution in [3.8, 4) is 5.75 Å². The number of hydrogen-bond acceptors (Lipinski definition) is 4. The SMILES string of the molecule is COc1cccc2c(NCCn3cc(C)cn3)nccc12. The molecule has 0 aliphatic heterocycles. The number of benzene rings is 1. The molecule has 0 saturated carbocycles. The zero-order chi connectivity index (χ0) is 14.7. The third-order valence-electron chi connectivity index (χ3n) is 3.38. The molecule has 0 amide bonds. The first-order chi connectivity index (χ1) is 10.3. The molecule has 5 nitrogen and oxygen atoms in total. The van der Waals surface area contributed by atoms with Gasteiger partial charge >= 0.3 is 0 Å². The molecule has 1 aromatic carbocycles. The lowest BCUT2D eigenvalue weighted by Gasteiger charge is -2.10. The van der Waals surface area contributed by atoms with Crippen molar-refractivity contribution in [2.45, 2.75) is 13.5 Å². The van der Waals surface area contributed by atoms with Crippen LogP contribution in [-0.4, -0.2) is 28.4 Å². The Hall–Kier alpha value is -2.56. The Balaban J connectivity index is 1.77. The minimum atomic E-state index is 0.768. The molecule has 108 valence electrons. The summed E-state index contributed by atoms with van der Waals surface area (Å²) in [5.74, 6) is 1.73. The first kappa shape index (κ1) is 13.4. The van der Waals surface area contributed by atoms with Gasteiger partial charge in [-0.3, -0.25) is 4.68 Å². The summed E-state index contributed by atoms with van der Waals surface area (Å²) in [7, 11) is 1.68. The molecule has 0 radical (unpaired) electrons. The Kier molecular flexibility index (Phi) is 3.73. The van der Waals surface area contributed by atoms with Crippen LogP contribution in [0.5, 0.6) is 5.75 Å². The largest absolute Gasteiger partial charge is 0.496 e. The maximum absolute atomic E-state index is 5.39.